The second-order valence-corrected chi connectivity index (χ2v) is 5.72. The molecule has 0 fully saturated rings. The molecule has 24 heavy (non-hydrogen) atoms. The van der Waals surface area contributed by atoms with Crippen LogP contribution in [0, 0.1) is 13.8 Å². The summed E-state index contributed by atoms with van der Waals surface area (Å²) in [6.07, 6.45) is 1.67. The molecule has 120 valence electrons. The molecule has 4 heteroatoms. The van der Waals surface area contributed by atoms with Crippen molar-refractivity contribution in [3.63, 3.8) is 0 Å². The fraction of sp³-hybridized carbons (Fsp3) is 0.100. The average Bonchev–Trinajstić information content (AvgIpc) is 2.55. The molecule has 2 aromatic carbocycles. The van der Waals surface area contributed by atoms with Gasteiger partial charge >= 0.3 is 0 Å². The van der Waals surface area contributed by atoms with Gasteiger partial charge in [-0.1, -0.05) is 24.3 Å². The Labute approximate surface area is 141 Å². The molecule has 1 amide bonds. The second kappa shape index (κ2) is 6.96. The lowest BCUT2D eigenvalue weighted by Crippen LogP contribution is -2.14. The third-order valence-electron chi connectivity index (χ3n) is 3.61. The van der Waals surface area contributed by atoms with E-state index in [2.05, 4.69) is 15.6 Å². The Kier molecular flexibility index (Phi) is 4.57. The predicted octanol–water partition coefficient (Wildman–Crippen LogP) is 4.69. The van der Waals surface area contributed by atoms with Crippen molar-refractivity contribution in [3.8, 4) is 0 Å². The summed E-state index contributed by atoms with van der Waals surface area (Å²) in [7, 11) is 0. The summed E-state index contributed by atoms with van der Waals surface area (Å²) >= 11 is 0. The van der Waals surface area contributed by atoms with Crippen LogP contribution in [0.2, 0.25) is 0 Å². The number of anilines is 3. The monoisotopic (exact) mass is 317 g/mol. The maximum Gasteiger partial charge on any atom is 0.259 e. The first-order valence-electron chi connectivity index (χ1n) is 7.78. The van der Waals surface area contributed by atoms with E-state index in [9.17, 15) is 4.79 Å². The number of hydrogen-bond donors (Lipinski definition) is 2. The van der Waals surface area contributed by atoms with Crippen molar-refractivity contribution in [2.24, 2.45) is 0 Å². The maximum atomic E-state index is 12.6. The molecule has 0 unspecified atom stereocenters. The Morgan fingerprint density at radius 3 is 2.25 bits per heavy atom. The highest BCUT2D eigenvalue weighted by molar-refractivity contribution is 6.07. The summed E-state index contributed by atoms with van der Waals surface area (Å²) in [5.74, 6) is 0.345. The number of hydrogen-bond acceptors (Lipinski definition) is 3. The predicted molar refractivity (Wildman–Crippen MR) is 97.8 cm³/mol. The molecule has 0 atom stereocenters. The van der Waals surface area contributed by atoms with Gasteiger partial charge in [0.25, 0.3) is 5.91 Å². The van der Waals surface area contributed by atoms with Gasteiger partial charge in [0, 0.05) is 17.6 Å². The molecule has 0 aliphatic rings. The van der Waals surface area contributed by atoms with Gasteiger partial charge in [0.1, 0.15) is 5.82 Å². The molecule has 0 spiro atoms. The molecule has 2 N–H and O–H groups in total. The zero-order chi connectivity index (χ0) is 16.9. The fourth-order valence-corrected chi connectivity index (χ4v) is 2.47. The average molecular weight is 317 g/mol. The summed E-state index contributed by atoms with van der Waals surface area (Å²) in [6, 6.07) is 19.2. The third kappa shape index (κ3) is 3.79. The second-order valence-electron chi connectivity index (χ2n) is 5.72. The van der Waals surface area contributed by atoms with E-state index in [0.717, 1.165) is 22.5 Å². The zero-order valence-electron chi connectivity index (χ0n) is 13.7. The first-order chi connectivity index (χ1) is 11.6. The van der Waals surface area contributed by atoms with Gasteiger partial charge in [-0.05, 0) is 61.4 Å². The van der Waals surface area contributed by atoms with Crippen molar-refractivity contribution in [2.45, 2.75) is 13.8 Å². The van der Waals surface area contributed by atoms with Crippen LogP contribution >= 0.6 is 0 Å². The van der Waals surface area contributed by atoms with Crippen LogP contribution in [0.5, 0.6) is 0 Å². The topological polar surface area (TPSA) is 54.0 Å². The summed E-state index contributed by atoms with van der Waals surface area (Å²) in [4.78, 5) is 16.9. The normalized spacial score (nSPS) is 10.2. The largest absolute Gasteiger partial charge is 0.340 e. The van der Waals surface area contributed by atoms with E-state index in [4.69, 9.17) is 0 Å². The number of carbonyl (C=O) groups is 1. The first-order valence-corrected chi connectivity index (χ1v) is 7.78. The van der Waals surface area contributed by atoms with Gasteiger partial charge in [-0.3, -0.25) is 4.79 Å². The molecular weight excluding hydrogens is 298 g/mol. The Bertz CT molecular complexity index is 874. The summed E-state index contributed by atoms with van der Waals surface area (Å²) in [6.45, 7) is 4.01. The number of aromatic nitrogens is 1. The zero-order valence-corrected chi connectivity index (χ0v) is 13.7. The molecule has 3 rings (SSSR count). The number of nitrogens with one attached hydrogen (secondary N) is 2. The van der Waals surface area contributed by atoms with Crippen molar-refractivity contribution < 1.29 is 4.79 Å². The Morgan fingerprint density at radius 2 is 1.54 bits per heavy atom. The van der Waals surface area contributed by atoms with Crippen molar-refractivity contribution >= 4 is 23.1 Å². The summed E-state index contributed by atoms with van der Waals surface area (Å²) in [5.41, 5.74) is 4.41. The van der Waals surface area contributed by atoms with Crippen LogP contribution in [0.3, 0.4) is 0 Å². The van der Waals surface area contributed by atoms with Crippen LogP contribution in [-0.4, -0.2) is 10.9 Å². The minimum absolute atomic E-state index is 0.191. The molecule has 3 aromatic rings. The molecule has 0 aliphatic heterocycles. The molecule has 0 radical (unpaired) electrons. The Hall–Kier alpha value is -3.14. The lowest BCUT2D eigenvalue weighted by atomic mass is 10.2. The van der Waals surface area contributed by atoms with Gasteiger partial charge < -0.3 is 10.6 Å². The maximum absolute atomic E-state index is 12.6. The van der Waals surface area contributed by atoms with Gasteiger partial charge in [0.05, 0.1) is 5.56 Å². The van der Waals surface area contributed by atoms with Crippen LogP contribution in [-0.2, 0) is 0 Å². The van der Waals surface area contributed by atoms with E-state index in [1.165, 1.54) is 0 Å². The molecule has 1 heterocycles. The van der Waals surface area contributed by atoms with Gasteiger partial charge in [0.2, 0.25) is 0 Å². The minimum Gasteiger partial charge on any atom is -0.340 e. The first kappa shape index (κ1) is 15.7. The smallest absolute Gasteiger partial charge is 0.259 e. The minimum atomic E-state index is -0.191. The number of pyridine rings is 1. The van der Waals surface area contributed by atoms with Crippen molar-refractivity contribution in [1.29, 1.82) is 0 Å². The van der Waals surface area contributed by atoms with E-state index in [1.807, 2.05) is 62.4 Å². The third-order valence-corrected chi connectivity index (χ3v) is 3.61. The fourth-order valence-electron chi connectivity index (χ4n) is 2.47. The van der Waals surface area contributed by atoms with Crippen molar-refractivity contribution in [2.75, 3.05) is 10.6 Å². The lowest BCUT2D eigenvalue weighted by Gasteiger charge is -2.12. The number of amides is 1. The Morgan fingerprint density at radius 1 is 0.875 bits per heavy atom. The van der Waals surface area contributed by atoms with Gasteiger partial charge in [0.15, 0.2) is 0 Å². The van der Waals surface area contributed by atoms with E-state index >= 15 is 0 Å². The molecule has 0 bridgehead atoms. The highest BCUT2D eigenvalue weighted by Crippen LogP contribution is 2.20. The quantitative estimate of drug-likeness (QED) is 0.733. The lowest BCUT2D eigenvalue weighted by molar-refractivity contribution is 0.102. The summed E-state index contributed by atoms with van der Waals surface area (Å²) < 4.78 is 0. The van der Waals surface area contributed by atoms with Gasteiger partial charge in [-0.25, -0.2) is 4.98 Å². The highest BCUT2D eigenvalue weighted by Gasteiger charge is 2.13. The molecule has 0 saturated heterocycles. The summed E-state index contributed by atoms with van der Waals surface area (Å²) in [5, 5.41) is 6.14. The highest BCUT2D eigenvalue weighted by atomic mass is 16.1. The number of benzene rings is 2. The number of aryl methyl sites for hydroxylation is 2. The van der Waals surface area contributed by atoms with Gasteiger partial charge in [-0.15, -0.1) is 0 Å². The van der Waals surface area contributed by atoms with E-state index in [1.54, 1.807) is 18.3 Å². The van der Waals surface area contributed by atoms with Crippen LogP contribution < -0.4 is 10.6 Å². The Balaban J connectivity index is 1.84. The van der Waals surface area contributed by atoms with Crippen molar-refractivity contribution in [1.82, 2.24) is 4.98 Å². The van der Waals surface area contributed by atoms with E-state index < -0.39 is 0 Å². The molecule has 4 nitrogen and oxygen atoms in total. The molecular formula is C20H19N3O. The number of rotatable bonds is 4. The number of nitrogens with zero attached hydrogens (tertiary/aromatic N) is 1. The van der Waals surface area contributed by atoms with Crippen LogP contribution in [0.15, 0.2) is 66.9 Å². The SMILES string of the molecule is Cc1cccc(NC(=O)c2cccnc2Nc2cccc(C)c2)c1. The van der Waals surface area contributed by atoms with E-state index in [0.29, 0.717) is 11.4 Å². The van der Waals surface area contributed by atoms with E-state index in [-0.39, 0.29) is 5.91 Å². The molecule has 0 aliphatic carbocycles. The molecule has 0 saturated carbocycles. The van der Waals surface area contributed by atoms with Gasteiger partial charge in [-0.2, -0.15) is 0 Å². The van der Waals surface area contributed by atoms with Crippen LogP contribution in [0.1, 0.15) is 21.5 Å². The standard InChI is InChI=1S/C20H19N3O/c1-14-6-3-8-16(12-14)22-19-18(10-5-11-21-19)20(24)23-17-9-4-7-15(2)13-17/h3-13H,1-2H3,(H,21,22)(H,23,24). The molecule has 1 aromatic heterocycles. The van der Waals surface area contributed by atoms with Crippen LogP contribution in [0.4, 0.5) is 17.2 Å². The van der Waals surface area contributed by atoms with Crippen molar-refractivity contribution in [3.05, 3.63) is 83.6 Å². The number of carbonyl (C=O) groups excluding carboxylic acids is 1. The van der Waals surface area contributed by atoms with Crippen LogP contribution in [0.25, 0.3) is 0 Å².